The van der Waals surface area contributed by atoms with Crippen molar-refractivity contribution in [2.45, 2.75) is 19.8 Å². The predicted octanol–water partition coefficient (Wildman–Crippen LogP) is 5.17. The van der Waals surface area contributed by atoms with Gasteiger partial charge in [0.2, 0.25) is 5.91 Å². The highest BCUT2D eigenvalue weighted by Crippen LogP contribution is 2.27. The molecule has 2 aromatic carbocycles. The minimum absolute atomic E-state index is 0.0917. The highest BCUT2D eigenvalue weighted by Gasteiger charge is 2.14. The summed E-state index contributed by atoms with van der Waals surface area (Å²) in [5.74, 6) is 0.267. The van der Waals surface area contributed by atoms with Crippen LogP contribution in [0.3, 0.4) is 0 Å². The number of benzene rings is 2. The number of fused-ring (bicyclic) bond motifs is 1. The van der Waals surface area contributed by atoms with E-state index in [4.69, 9.17) is 4.74 Å². The molecule has 1 amide bonds. The monoisotopic (exact) mass is 409 g/mol. The maximum absolute atomic E-state index is 14.0. The number of aryl methyl sites for hydroxylation is 1. The lowest BCUT2D eigenvalue weighted by atomic mass is 10.1. The maximum Gasteiger partial charge on any atom is 0.224 e. The van der Waals surface area contributed by atoms with E-state index in [-0.39, 0.29) is 11.7 Å². The van der Waals surface area contributed by atoms with Crippen LogP contribution in [0.5, 0.6) is 5.75 Å². The van der Waals surface area contributed by atoms with Gasteiger partial charge in [-0.3, -0.25) is 9.20 Å². The average Bonchev–Trinajstić information content (AvgIpc) is 3.29. The summed E-state index contributed by atoms with van der Waals surface area (Å²) < 4.78 is 21.5. The fourth-order valence-electron chi connectivity index (χ4n) is 3.11. The van der Waals surface area contributed by atoms with Gasteiger partial charge in [-0.05, 0) is 37.6 Å². The summed E-state index contributed by atoms with van der Waals surface area (Å²) in [5.41, 5.74) is 2.69. The molecule has 2 heterocycles. The lowest BCUT2D eigenvalue weighted by molar-refractivity contribution is -0.116. The minimum atomic E-state index is -0.299. The zero-order chi connectivity index (χ0) is 20.2. The number of anilines is 1. The van der Waals surface area contributed by atoms with E-state index in [2.05, 4.69) is 10.3 Å². The van der Waals surface area contributed by atoms with Crippen molar-refractivity contribution in [2.24, 2.45) is 0 Å². The molecule has 0 atom stereocenters. The highest BCUT2D eigenvalue weighted by molar-refractivity contribution is 7.15. The molecule has 4 aromatic rings. The standard InChI is InChI=1S/C22H20FN3O2S/c1-2-28-20-10-6-5-9-18(20)24-21(27)12-11-15-14-29-22-25-19(13-26(15)22)16-7-3-4-8-17(16)23/h3-10,13-14H,2,11-12H2,1H3,(H,24,27). The lowest BCUT2D eigenvalue weighted by Crippen LogP contribution is -2.13. The van der Waals surface area contributed by atoms with E-state index in [0.29, 0.717) is 42.1 Å². The fourth-order valence-corrected chi connectivity index (χ4v) is 4.02. The Balaban J connectivity index is 1.46. The number of aromatic nitrogens is 2. The molecule has 2 aromatic heterocycles. The zero-order valence-electron chi connectivity index (χ0n) is 15.9. The third-order valence-electron chi connectivity index (χ3n) is 4.50. The maximum atomic E-state index is 14.0. The Hall–Kier alpha value is -3.19. The van der Waals surface area contributed by atoms with Gasteiger partial charge in [-0.1, -0.05) is 24.3 Å². The summed E-state index contributed by atoms with van der Waals surface area (Å²) in [4.78, 5) is 17.7. The summed E-state index contributed by atoms with van der Waals surface area (Å²) in [5, 5.41) is 4.89. The Labute approximate surface area is 171 Å². The van der Waals surface area contributed by atoms with Crippen molar-refractivity contribution in [3.05, 3.63) is 71.6 Å². The van der Waals surface area contributed by atoms with Crippen LogP contribution in [0.25, 0.3) is 16.2 Å². The molecule has 0 radical (unpaired) electrons. The first-order chi connectivity index (χ1) is 14.2. The minimum Gasteiger partial charge on any atom is -0.492 e. The van der Waals surface area contributed by atoms with Gasteiger partial charge in [0, 0.05) is 29.3 Å². The van der Waals surface area contributed by atoms with Crippen LogP contribution in [0.1, 0.15) is 19.0 Å². The molecule has 0 aliphatic carbocycles. The molecule has 4 rings (SSSR count). The van der Waals surface area contributed by atoms with E-state index in [0.717, 1.165) is 10.7 Å². The lowest BCUT2D eigenvalue weighted by Gasteiger charge is -2.11. The summed E-state index contributed by atoms with van der Waals surface area (Å²) in [6.45, 7) is 2.44. The Bertz CT molecular complexity index is 1150. The van der Waals surface area contributed by atoms with Crippen LogP contribution >= 0.6 is 11.3 Å². The van der Waals surface area contributed by atoms with E-state index in [1.165, 1.54) is 17.4 Å². The number of halogens is 1. The summed E-state index contributed by atoms with van der Waals surface area (Å²) in [7, 11) is 0. The average molecular weight is 409 g/mol. The first-order valence-corrected chi connectivity index (χ1v) is 10.3. The number of nitrogens with zero attached hydrogens (tertiary/aromatic N) is 2. The number of para-hydroxylation sites is 2. The number of hydrogen-bond acceptors (Lipinski definition) is 4. The van der Waals surface area contributed by atoms with Crippen LogP contribution in [-0.2, 0) is 11.2 Å². The molecule has 1 N–H and O–H groups in total. The first kappa shape index (κ1) is 19.1. The van der Waals surface area contributed by atoms with Crippen LogP contribution in [0.2, 0.25) is 0 Å². The van der Waals surface area contributed by atoms with Crippen LogP contribution in [0.4, 0.5) is 10.1 Å². The number of carbonyl (C=O) groups is 1. The van der Waals surface area contributed by atoms with Gasteiger partial charge in [0.1, 0.15) is 11.6 Å². The van der Waals surface area contributed by atoms with Gasteiger partial charge in [0.15, 0.2) is 4.96 Å². The van der Waals surface area contributed by atoms with Crippen LogP contribution in [-0.4, -0.2) is 21.9 Å². The van der Waals surface area contributed by atoms with E-state index in [9.17, 15) is 9.18 Å². The van der Waals surface area contributed by atoms with E-state index in [1.54, 1.807) is 18.2 Å². The van der Waals surface area contributed by atoms with Gasteiger partial charge in [0.25, 0.3) is 0 Å². The molecule has 0 aliphatic heterocycles. The number of thiazole rings is 1. The molecule has 0 aliphatic rings. The van der Waals surface area contributed by atoms with E-state index >= 15 is 0 Å². The number of rotatable bonds is 7. The Morgan fingerprint density at radius 3 is 2.83 bits per heavy atom. The van der Waals surface area contributed by atoms with E-state index in [1.807, 2.05) is 47.2 Å². The van der Waals surface area contributed by atoms with Crippen molar-refractivity contribution in [3.63, 3.8) is 0 Å². The van der Waals surface area contributed by atoms with Crippen LogP contribution in [0.15, 0.2) is 60.1 Å². The molecule has 5 nitrogen and oxygen atoms in total. The number of amides is 1. The third kappa shape index (κ3) is 4.14. The summed E-state index contributed by atoms with van der Waals surface area (Å²) in [6, 6.07) is 14.0. The van der Waals surface area contributed by atoms with Gasteiger partial charge in [-0.2, -0.15) is 0 Å². The predicted molar refractivity (Wildman–Crippen MR) is 113 cm³/mol. The molecule has 148 valence electrons. The van der Waals surface area contributed by atoms with Gasteiger partial charge in [-0.15, -0.1) is 11.3 Å². The van der Waals surface area contributed by atoms with E-state index < -0.39 is 0 Å². The second kappa shape index (κ2) is 8.45. The molecule has 0 spiro atoms. The molecule has 0 saturated carbocycles. The molecule has 0 fully saturated rings. The van der Waals surface area contributed by atoms with Crippen molar-refractivity contribution in [2.75, 3.05) is 11.9 Å². The molecule has 29 heavy (non-hydrogen) atoms. The number of carbonyl (C=O) groups excluding carboxylic acids is 1. The van der Waals surface area contributed by atoms with Crippen molar-refractivity contribution in [3.8, 4) is 17.0 Å². The molecule has 0 saturated heterocycles. The fraction of sp³-hybridized carbons (Fsp3) is 0.182. The van der Waals surface area contributed by atoms with Gasteiger partial charge in [-0.25, -0.2) is 9.37 Å². The van der Waals surface area contributed by atoms with Crippen molar-refractivity contribution < 1.29 is 13.9 Å². The van der Waals surface area contributed by atoms with Crippen molar-refractivity contribution in [1.82, 2.24) is 9.38 Å². The second-order valence-corrected chi connectivity index (χ2v) is 7.30. The number of imidazole rings is 1. The summed E-state index contributed by atoms with van der Waals surface area (Å²) >= 11 is 1.48. The van der Waals surface area contributed by atoms with Crippen molar-refractivity contribution in [1.29, 1.82) is 0 Å². The quantitative estimate of drug-likeness (QED) is 0.458. The SMILES string of the molecule is CCOc1ccccc1NC(=O)CCc1csc2nc(-c3ccccc3F)cn12. The van der Waals surface area contributed by atoms with Gasteiger partial charge in [0.05, 0.1) is 18.0 Å². The smallest absolute Gasteiger partial charge is 0.224 e. The Kier molecular flexibility index (Phi) is 5.57. The molecule has 0 bridgehead atoms. The van der Waals surface area contributed by atoms with Gasteiger partial charge < -0.3 is 10.1 Å². The second-order valence-electron chi connectivity index (χ2n) is 6.46. The van der Waals surface area contributed by atoms with Crippen LogP contribution < -0.4 is 10.1 Å². The number of hydrogen-bond donors (Lipinski definition) is 1. The van der Waals surface area contributed by atoms with Crippen LogP contribution in [0, 0.1) is 5.82 Å². The highest BCUT2D eigenvalue weighted by atomic mass is 32.1. The largest absolute Gasteiger partial charge is 0.492 e. The molecular weight excluding hydrogens is 389 g/mol. The molecule has 7 heteroatoms. The van der Waals surface area contributed by atoms with Gasteiger partial charge >= 0.3 is 0 Å². The Morgan fingerprint density at radius 1 is 1.21 bits per heavy atom. The summed E-state index contributed by atoms with van der Waals surface area (Å²) in [6.07, 6.45) is 2.69. The molecular formula is C22H20FN3O2S. The number of ether oxygens (including phenoxy) is 1. The molecule has 0 unspecified atom stereocenters. The first-order valence-electron chi connectivity index (χ1n) is 9.37. The zero-order valence-corrected chi connectivity index (χ0v) is 16.7. The van der Waals surface area contributed by atoms with Crippen molar-refractivity contribution >= 4 is 27.9 Å². The number of nitrogens with one attached hydrogen (secondary N) is 1. The normalized spacial score (nSPS) is 11.0. The third-order valence-corrected chi connectivity index (χ3v) is 5.39. The Morgan fingerprint density at radius 2 is 2.00 bits per heavy atom. The topological polar surface area (TPSA) is 55.6 Å².